The fourth-order valence-corrected chi connectivity index (χ4v) is 1.40. The monoisotopic (exact) mass is 208 g/mol. The van der Waals surface area contributed by atoms with Crippen molar-refractivity contribution in [1.82, 2.24) is 9.97 Å². The van der Waals surface area contributed by atoms with Gasteiger partial charge in [-0.1, -0.05) is 25.4 Å². The zero-order valence-electron chi connectivity index (χ0n) is 8.58. The molecule has 0 bridgehead atoms. The molecule has 0 fully saturated rings. The van der Waals surface area contributed by atoms with E-state index < -0.39 is 0 Å². The zero-order chi connectivity index (χ0) is 10.6. The molecule has 2 nitrogen and oxygen atoms in total. The molecule has 2 aromatic heterocycles. The van der Waals surface area contributed by atoms with Crippen LogP contribution >= 0.6 is 11.6 Å². The van der Waals surface area contributed by atoms with Crippen molar-refractivity contribution >= 4 is 22.4 Å². The Kier molecular flexibility index (Phi) is 3.84. The molecule has 0 N–H and O–H groups in total. The van der Waals surface area contributed by atoms with Gasteiger partial charge in [0.15, 0.2) is 0 Å². The lowest BCUT2D eigenvalue weighted by Gasteiger charge is -2.00. The minimum Gasteiger partial charge on any atom is -0.264 e. The molecule has 2 rings (SSSR count). The number of fused-ring (bicyclic) bond motifs is 1. The first-order valence-electron chi connectivity index (χ1n) is 4.64. The van der Waals surface area contributed by atoms with Crippen LogP contribution in [0.25, 0.3) is 10.8 Å². The van der Waals surface area contributed by atoms with E-state index in [-0.39, 0.29) is 0 Å². The molecular weight excluding hydrogens is 196 g/mol. The first kappa shape index (κ1) is 10.9. The summed E-state index contributed by atoms with van der Waals surface area (Å²) in [6.45, 7) is 5.94. The number of nitrogens with zero attached hydrogens (tertiary/aromatic N) is 2. The highest BCUT2D eigenvalue weighted by atomic mass is 35.5. The summed E-state index contributed by atoms with van der Waals surface area (Å²) < 4.78 is 0. The second kappa shape index (κ2) is 4.91. The Balaban J connectivity index is 0.000000461. The quantitative estimate of drug-likeness (QED) is 0.661. The van der Waals surface area contributed by atoms with E-state index in [0.29, 0.717) is 5.02 Å². The highest BCUT2D eigenvalue weighted by Gasteiger charge is 2.00. The van der Waals surface area contributed by atoms with E-state index >= 15 is 0 Å². The predicted octanol–water partition coefficient (Wildman–Crippen LogP) is 3.62. The highest BCUT2D eigenvalue weighted by Crippen LogP contribution is 2.22. The third kappa shape index (κ3) is 2.02. The Morgan fingerprint density at radius 1 is 1.14 bits per heavy atom. The summed E-state index contributed by atoms with van der Waals surface area (Å²) in [5.74, 6) is 0. The van der Waals surface area contributed by atoms with Crippen LogP contribution in [0.3, 0.4) is 0 Å². The summed E-state index contributed by atoms with van der Waals surface area (Å²) in [6, 6.07) is 1.90. The van der Waals surface area contributed by atoms with Crippen LogP contribution in [0.2, 0.25) is 5.02 Å². The summed E-state index contributed by atoms with van der Waals surface area (Å²) in [7, 11) is 0. The van der Waals surface area contributed by atoms with Gasteiger partial charge in [0, 0.05) is 35.1 Å². The minimum atomic E-state index is 0.679. The molecule has 0 aromatic carbocycles. The Bertz CT molecular complexity index is 386. The molecule has 0 atom stereocenters. The van der Waals surface area contributed by atoms with Crippen molar-refractivity contribution < 1.29 is 0 Å². The lowest BCUT2D eigenvalue weighted by molar-refractivity contribution is 1.22. The summed E-state index contributed by atoms with van der Waals surface area (Å²) in [5.41, 5.74) is 0.961. The van der Waals surface area contributed by atoms with E-state index in [1.54, 1.807) is 18.6 Å². The number of aryl methyl sites for hydroxylation is 1. The summed E-state index contributed by atoms with van der Waals surface area (Å²) in [4.78, 5) is 8.15. The van der Waals surface area contributed by atoms with Crippen molar-refractivity contribution in [3.63, 3.8) is 0 Å². The molecular formula is C11H13ClN2. The molecule has 0 saturated heterocycles. The molecule has 0 saturated carbocycles. The Labute approximate surface area is 89.0 Å². The van der Waals surface area contributed by atoms with E-state index in [4.69, 9.17) is 11.6 Å². The first-order chi connectivity index (χ1) is 6.79. The van der Waals surface area contributed by atoms with Gasteiger partial charge in [-0.05, 0) is 13.0 Å². The van der Waals surface area contributed by atoms with Crippen LogP contribution < -0.4 is 0 Å². The number of hydrogen-bond donors (Lipinski definition) is 0. The van der Waals surface area contributed by atoms with Crippen LogP contribution in [-0.2, 0) is 0 Å². The van der Waals surface area contributed by atoms with Crippen LogP contribution in [0.1, 0.15) is 19.5 Å². The number of halogens is 1. The van der Waals surface area contributed by atoms with Gasteiger partial charge in [0.1, 0.15) is 0 Å². The Morgan fingerprint density at radius 3 is 2.50 bits per heavy atom. The van der Waals surface area contributed by atoms with E-state index in [2.05, 4.69) is 9.97 Å². The molecule has 3 heteroatoms. The molecule has 0 aliphatic carbocycles. The largest absolute Gasteiger partial charge is 0.264 e. The van der Waals surface area contributed by atoms with E-state index in [9.17, 15) is 0 Å². The lowest BCUT2D eigenvalue weighted by Crippen LogP contribution is -1.85. The summed E-state index contributed by atoms with van der Waals surface area (Å²) in [5, 5.41) is 2.71. The number of aromatic nitrogens is 2. The fraction of sp³-hybridized carbons (Fsp3) is 0.273. The van der Waals surface area contributed by atoms with Crippen molar-refractivity contribution in [3.05, 3.63) is 35.4 Å². The second-order valence-corrected chi connectivity index (χ2v) is 3.02. The van der Waals surface area contributed by atoms with Crippen molar-refractivity contribution in [2.75, 3.05) is 0 Å². The zero-order valence-corrected chi connectivity index (χ0v) is 9.34. The van der Waals surface area contributed by atoms with Gasteiger partial charge in [0.05, 0.1) is 5.02 Å². The minimum absolute atomic E-state index is 0.679. The number of pyridine rings is 2. The molecule has 0 unspecified atom stereocenters. The maximum Gasteiger partial charge on any atom is 0.0669 e. The molecule has 0 amide bonds. The third-order valence-corrected chi connectivity index (χ3v) is 2.14. The lowest BCUT2D eigenvalue weighted by atomic mass is 10.2. The van der Waals surface area contributed by atoms with Crippen molar-refractivity contribution in [2.45, 2.75) is 20.8 Å². The van der Waals surface area contributed by atoms with Gasteiger partial charge in [-0.15, -0.1) is 0 Å². The SMILES string of the molecule is CC.Cc1ncc(Cl)c2ccncc12. The van der Waals surface area contributed by atoms with Gasteiger partial charge in [-0.25, -0.2) is 0 Å². The Hall–Kier alpha value is -1.15. The van der Waals surface area contributed by atoms with Crippen LogP contribution in [-0.4, -0.2) is 9.97 Å². The molecule has 14 heavy (non-hydrogen) atoms. The van der Waals surface area contributed by atoms with Gasteiger partial charge in [-0.2, -0.15) is 0 Å². The molecule has 2 aromatic rings. The predicted molar refractivity (Wildman–Crippen MR) is 60.6 cm³/mol. The third-order valence-electron chi connectivity index (χ3n) is 1.84. The van der Waals surface area contributed by atoms with Crippen molar-refractivity contribution in [1.29, 1.82) is 0 Å². The van der Waals surface area contributed by atoms with Gasteiger partial charge < -0.3 is 0 Å². The van der Waals surface area contributed by atoms with Crippen LogP contribution in [0, 0.1) is 6.92 Å². The molecule has 74 valence electrons. The maximum absolute atomic E-state index is 5.94. The van der Waals surface area contributed by atoms with Gasteiger partial charge in [0.25, 0.3) is 0 Å². The summed E-state index contributed by atoms with van der Waals surface area (Å²) >= 11 is 5.94. The van der Waals surface area contributed by atoms with Crippen LogP contribution in [0.5, 0.6) is 0 Å². The summed E-state index contributed by atoms with van der Waals surface area (Å²) in [6.07, 6.45) is 5.18. The smallest absolute Gasteiger partial charge is 0.0669 e. The van der Waals surface area contributed by atoms with Crippen LogP contribution in [0.15, 0.2) is 24.7 Å². The van der Waals surface area contributed by atoms with Gasteiger partial charge in [0.2, 0.25) is 0 Å². The molecule has 0 spiro atoms. The number of rotatable bonds is 0. The standard InChI is InChI=1S/C9H7ClN2.C2H6/c1-6-8-4-11-3-2-7(8)9(10)5-12-6;1-2/h2-5H,1H3;1-2H3. The topological polar surface area (TPSA) is 25.8 Å². The first-order valence-corrected chi connectivity index (χ1v) is 5.01. The number of hydrogen-bond acceptors (Lipinski definition) is 2. The van der Waals surface area contributed by atoms with E-state index in [1.165, 1.54) is 0 Å². The normalized spacial score (nSPS) is 9.43. The average Bonchev–Trinajstić information content (AvgIpc) is 2.27. The van der Waals surface area contributed by atoms with Gasteiger partial charge >= 0.3 is 0 Å². The molecule has 2 heterocycles. The fourth-order valence-electron chi connectivity index (χ4n) is 1.18. The van der Waals surface area contributed by atoms with E-state index in [0.717, 1.165) is 16.5 Å². The Morgan fingerprint density at radius 2 is 1.86 bits per heavy atom. The molecule has 0 radical (unpaired) electrons. The van der Waals surface area contributed by atoms with E-state index in [1.807, 2.05) is 26.8 Å². The van der Waals surface area contributed by atoms with Crippen molar-refractivity contribution in [2.24, 2.45) is 0 Å². The van der Waals surface area contributed by atoms with Gasteiger partial charge in [-0.3, -0.25) is 9.97 Å². The second-order valence-electron chi connectivity index (χ2n) is 2.61. The van der Waals surface area contributed by atoms with Crippen molar-refractivity contribution in [3.8, 4) is 0 Å². The van der Waals surface area contributed by atoms with Crippen LogP contribution in [0.4, 0.5) is 0 Å². The maximum atomic E-state index is 5.94. The average molecular weight is 209 g/mol. The molecule has 0 aliphatic heterocycles. The molecule has 0 aliphatic rings. The highest BCUT2D eigenvalue weighted by molar-refractivity contribution is 6.35.